The van der Waals surface area contributed by atoms with Gasteiger partial charge in [0.15, 0.2) is 0 Å². The largest absolute Gasteiger partial charge is 0.465 e. The van der Waals surface area contributed by atoms with Gasteiger partial charge in [-0.1, -0.05) is 0 Å². The molecule has 12 heteroatoms. The van der Waals surface area contributed by atoms with E-state index < -0.39 is 39.6 Å². The van der Waals surface area contributed by atoms with Gasteiger partial charge < -0.3 is 15.2 Å². The maximum atomic E-state index is 12.9. The summed E-state index contributed by atoms with van der Waals surface area (Å²) in [6.07, 6.45) is 0.301. The van der Waals surface area contributed by atoms with E-state index in [4.69, 9.17) is 4.74 Å². The molecule has 0 bridgehead atoms. The number of likely N-dealkylation sites (tertiary alicyclic amines) is 1. The highest BCUT2D eigenvalue weighted by Crippen LogP contribution is 2.25. The third-order valence-corrected chi connectivity index (χ3v) is 7.18. The Kier molecular flexibility index (Phi) is 7.53. The zero-order valence-electron chi connectivity index (χ0n) is 19.9. The predicted molar refractivity (Wildman–Crippen MR) is 125 cm³/mol. The van der Waals surface area contributed by atoms with Gasteiger partial charge in [0.25, 0.3) is 0 Å². The normalized spacial score (nSPS) is 22.4. The van der Waals surface area contributed by atoms with Crippen LogP contribution in [0.1, 0.15) is 37.6 Å². The van der Waals surface area contributed by atoms with Crippen LogP contribution in [0.3, 0.4) is 0 Å². The molecule has 0 spiro atoms. The Bertz CT molecular complexity index is 1030. The number of sulfonamides is 1. The number of piperazine rings is 1. The Balaban J connectivity index is 1.62. The van der Waals surface area contributed by atoms with Crippen molar-refractivity contribution in [3.63, 3.8) is 0 Å². The molecule has 0 unspecified atom stereocenters. The van der Waals surface area contributed by atoms with E-state index in [1.807, 2.05) is 4.90 Å². The third-order valence-electron chi connectivity index (χ3n) is 5.87. The Labute approximate surface area is 199 Å². The van der Waals surface area contributed by atoms with E-state index >= 15 is 0 Å². The van der Waals surface area contributed by atoms with Gasteiger partial charge in [-0.2, -0.15) is 4.31 Å². The van der Waals surface area contributed by atoms with Crippen molar-refractivity contribution in [2.45, 2.75) is 44.9 Å². The number of carboxylic acid groups (broad SMARTS) is 1. The number of nitrogens with zero attached hydrogens (tertiary/aromatic N) is 3. The minimum Gasteiger partial charge on any atom is -0.465 e. The summed E-state index contributed by atoms with van der Waals surface area (Å²) in [6.45, 7) is 7.12. The molecule has 0 aliphatic carbocycles. The highest BCUT2D eigenvalue weighted by Gasteiger charge is 2.42. The average molecular weight is 497 g/mol. The Hall–Kier alpha value is -2.70. The fourth-order valence-electron chi connectivity index (χ4n) is 4.19. The van der Waals surface area contributed by atoms with Crippen molar-refractivity contribution in [2.75, 3.05) is 44.3 Å². The monoisotopic (exact) mass is 496 g/mol. The fraction of sp³-hybridized carbons (Fsp3) is 0.591. The molecule has 2 fully saturated rings. The van der Waals surface area contributed by atoms with Crippen molar-refractivity contribution < 1.29 is 32.6 Å². The molecular formula is C22H32N4O7S. The van der Waals surface area contributed by atoms with Crippen LogP contribution < -0.4 is 5.32 Å². The van der Waals surface area contributed by atoms with Crippen LogP contribution in [0.15, 0.2) is 24.3 Å². The van der Waals surface area contributed by atoms with E-state index in [2.05, 4.69) is 5.32 Å². The first-order valence-electron chi connectivity index (χ1n) is 11.1. The van der Waals surface area contributed by atoms with Crippen molar-refractivity contribution in [1.29, 1.82) is 0 Å². The minimum absolute atomic E-state index is 0.171. The first-order chi connectivity index (χ1) is 15.7. The number of hydrogen-bond donors (Lipinski definition) is 2. The number of ether oxygens (including phenoxy) is 1. The number of hydrogen-bond acceptors (Lipinski definition) is 7. The maximum Gasteiger partial charge on any atom is 0.408 e. The smallest absolute Gasteiger partial charge is 0.408 e. The molecule has 2 N–H and O–H groups in total. The van der Waals surface area contributed by atoms with E-state index in [0.29, 0.717) is 43.9 Å². The Morgan fingerprint density at radius 1 is 1.06 bits per heavy atom. The molecular weight excluding hydrogens is 464 g/mol. The molecule has 2 heterocycles. The van der Waals surface area contributed by atoms with Gasteiger partial charge in [-0.3, -0.25) is 14.6 Å². The van der Waals surface area contributed by atoms with Gasteiger partial charge >= 0.3 is 12.1 Å². The van der Waals surface area contributed by atoms with Gasteiger partial charge in [-0.25, -0.2) is 18.0 Å². The molecule has 3 rings (SSSR count). The zero-order valence-corrected chi connectivity index (χ0v) is 20.7. The van der Waals surface area contributed by atoms with Crippen LogP contribution in [0.4, 0.5) is 10.5 Å². The molecule has 2 saturated heterocycles. The van der Waals surface area contributed by atoms with Crippen molar-refractivity contribution in [1.82, 2.24) is 14.1 Å². The molecule has 0 saturated carbocycles. The lowest BCUT2D eigenvalue weighted by molar-refractivity contribution is -0.119. The van der Waals surface area contributed by atoms with Gasteiger partial charge in [0.2, 0.25) is 15.9 Å². The first kappa shape index (κ1) is 25.9. The lowest BCUT2D eigenvalue weighted by Gasteiger charge is -2.36. The number of carbonyl (C=O) groups excluding carboxylic acids is 2. The van der Waals surface area contributed by atoms with E-state index in [1.165, 1.54) is 22.7 Å². The van der Waals surface area contributed by atoms with Crippen LogP contribution in [-0.2, 0) is 19.6 Å². The minimum atomic E-state index is -3.26. The van der Waals surface area contributed by atoms with Crippen molar-refractivity contribution in [3.8, 4) is 0 Å². The predicted octanol–water partition coefficient (Wildman–Crippen LogP) is 1.28. The maximum absolute atomic E-state index is 12.9. The summed E-state index contributed by atoms with van der Waals surface area (Å²) in [5.41, 5.74) is 0.155. The SMILES string of the molecule is CC(C)(C)OC(=O)c1ccc(NC(=O)[C@@H]2C[C@H](N3CCN(S(C)(=O)=O)CC3)CN2C(=O)O)cc1. The summed E-state index contributed by atoms with van der Waals surface area (Å²) < 4.78 is 30.2. The summed E-state index contributed by atoms with van der Waals surface area (Å²) in [5, 5.41) is 12.4. The number of benzene rings is 1. The first-order valence-corrected chi connectivity index (χ1v) is 12.9. The van der Waals surface area contributed by atoms with Crippen LogP contribution in [0, 0.1) is 0 Å². The van der Waals surface area contributed by atoms with Gasteiger partial charge in [0.05, 0.1) is 11.8 Å². The number of carbonyl (C=O) groups is 3. The molecule has 2 aliphatic rings. The molecule has 188 valence electrons. The molecule has 1 aromatic rings. The zero-order chi connectivity index (χ0) is 25.3. The van der Waals surface area contributed by atoms with Crippen molar-refractivity contribution >= 4 is 33.7 Å². The number of amides is 2. The third kappa shape index (κ3) is 6.45. The van der Waals surface area contributed by atoms with E-state index in [1.54, 1.807) is 32.9 Å². The Morgan fingerprint density at radius 2 is 1.65 bits per heavy atom. The standard InChI is InChI=1S/C22H32N4O7S/c1-22(2,3)33-20(28)15-5-7-16(8-6-15)23-19(27)18-13-17(14-26(18)21(29)30)24-9-11-25(12-10-24)34(4,31)32/h5-8,17-18H,9-14H2,1-4H3,(H,23,27)(H,29,30)/t17-,18-/m0/s1. The lowest BCUT2D eigenvalue weighted by Crippen LogP contribution is -2.52. The average Bonchev–Trinajstić information content (AvgIpc) is 3.18. The number of nitrogens with one attached hydrogen (secondary N) is 1. The summed E-state index contributed by atoms with van der Waals surface area (Å²) in [7, 11) is -3.26. The van der Waals surface area contributed by atoms with Gasteiger partial charge in [-0.05, 0) is 51.5 Å². The van der Waals surface area contributed by atoms with Crippen LogP contribution in [0.25, 0.3) is 0 Å². The topological polar surface area (TPSA) is 137 Å². The molecule has 2 amide bonds. The molecule has 0 aromatic heterocycles. The quantitative estimate of drug-likeness (QED) is 0.582. The highest BCUT2D eigenvalue weighted by molar-refractivity contribution is 7.88. The second-order valence-corrected chi connectivity index (χ2v) is 11.6. The van der Waals surface area contributed by atoms with Crippen molar-refractivity contribution in [2.24, 2.45) is 0 Å². The number of esters is 1. The molecule has 11 nitrogen and oxygen atoms in total. The summed E-state index contributed by atoms with van der Waals surface area (Å²) >= 11 is 0. The van der Waals surface area contributed by atoms with Gasteiger partial charge in [0, 0.05) is 44.5 Å². The van der Waals surface area contributed by atoms with Crippen molar-refractivity contribution in [3.05, 3.63) is 29.8 Å². The summed E-state index contributed by atoms with van der Waals surface area (Å²) in [4.78, 5) is 40.1. The van der Waals surface area contributed by atoms with E-state index in [0.717, 1.165) is 4.90 Å². The molecule has 1 aromatic carbocycles. The van der Waals surface area contributed by atoms with Gasteiger partial charge in [0.1, 0.15) is 11.6 Å². The molecule has 2 atom stereocenters. The second-order valence-electron chi connectivity index (χ2n) is 9.61. The molecule has 0 radical (unpaired) electrons. The second kappa shape index (κ2) is 9.88. The van der Waals surface area contributed by atoms with Crippen LogP contribution >= 0.6 is 0 Å². The highest BCUT2D eigenvalue weighted by atomic mass is 32.2. The van der Waals surface area contributed by atoms with Gasteiger partial charge in [-0.15, -0.1) is 0 Å². The van der Waals surface area contributed by atoms with Crippen LogP contribution in [0.5, 0.6) is 0 Å². The lowest BCUT2D eigenvalue weighted by atomic mass is 10.1. The van der Waals surface area contributed by atoms with Crippen LogP contribution in [-0.4, -0.2) is 102 Å². The molecule has 2 aliphatic heterocycles. The summed E-state index contributed by atoms with van der Waals surface area (Å²) in [5.74, 6) is -0.929. The number of rotatable bonds is 5. The molecule has 34 heavy (non-hydrogen) atoms. The Morgan fingerprint density at radius 3 is 2.15 bits per heavy atom. The fourth-order valence-corrected chi connectivity index (χ4v) is 5.02. The van der Waals surface area contributed by atoms with E-state index in [-0.39, 0.29) is 12.6 Å². The summed E-state index contributed by atoms with van der Waals surface area (Å²) in [6, 6.07) is 5.16. The number of anilines is 1. The van der Waals surface area contributed by atoms with Crippen LogP contribution in [0.2, 0.25) is 0 Å². The van der Waals surface area contributed by atoms with E-state index in [9.17, 15) is 27.9 Å².